The number of halogens is 1. The van der Waals surface area contributed by atoms with Crippen molar-refractivity contribution in [1.82, 2.24) is 10.3 Å². The first-order valence-electron chi connectivity index (χ1n) is 8.19. The van der Waals surface area contributed by atoms with Crippen molar-refractivity contribution in [3.63, 3.8) is 0 Å². The second-order valence-electron chi connectivity index (χ2n) is 5.57. The van der Waals surface area contributed by atoms with Crippen LogP contribution in [0.25, 0.3) is 0 Å². The van der Waals surface area contributed by atoms with E-state index < -0.39 is 0 Å². The molecule has 1 atom stereocenters. The van der Waals surface area contributed by atoms with Crippen LogP contribution in [-0.2, 0) is 6.54 Å². The van der Waals surface area contributed by atoms with Crippen LogP contribution in [0.4, 0.5) is 0 Å². The topological polar surface area (TPSA) is 34.1 Å². The highest BCUT2D eigenvalue weighted by Gasteiger charge is 2.08. The van der Waals surface area contributed by atoms with E-state index in [1.807, 2.05) is 6.07 Å². The number of hydrogen-bond donors (Lipinski definition) is 1. The molecule has 0 aliphatic carbocycles. The number of ether oxygens (including phenoxy) is 1. The summed E-state index contributed by atoms with van der Waals surface area (Å²) in [6.45, 7) is 8.23. The zero-order valence-electron chi connectivity index (χ0n) is 13.6. The molecule has 0 saturated heterocycles. The quantitative estimate of drug-likeness (QED) is 0.586. The van der Waals surface area contributed by atoms with Crippen molar-refractivity contribution < 1.29 is 4.74 Å². The zero-order valence-corrected chi connectivity index (χ0v) is 14.4. The Labute approximate surface area is 134 Å². The third-order valence-corrected chi connectivity index (χ3v) is 3.78. The van der Waals surface area contributed by atoms with Gasteiger partial charge in [-0.1, -0.05) is 44.7 Å². The molecule has 1 aromatic heterocycles. The number of pyridine rings is 1. The van der Waals surface area contributed by atoms with Crippen molar-refractivity contribution in [1.29, 1.82) is 0 Å². The molecule has 0 fully saturated rings. The number of rotatable bonds is 11. The van der Waals surface area contributed by atoms with Gasteiger partial charge in [0.25, 0.3) is 0 Å². The lowest BCUT2D eigenvalue weighted by molar-refractivity contribution is 0.198. The molecule has 1 unspecified atom stereocenters. The van der Waals surface area contributed by atoms with Gasteiger partial charge < -0.3 is 10.1 Å². The standard InChI is InChI=1S/C17H29ClN2O/c1-4-6-7-8-9-14(3)21-17-11-15(12-19-10-5-2)16(18)13-20-17/h11,13-14,19H,4-10,12H2,1-3H3. The van der Waals surface area contributed by atoms with Gasteiger partial charge in [0.15, 0.2) is 0 Å². The molecule has 3 nitrogen and oxygen atoms in total. The highest BCUT2D eigenvalue weighted by atomic mass is 35.5. The maximum absolute atomic E-state index is 6.17. The Morgan fingerprint density at radius 1 is 1.24 bits per heavy atom. The van der Waals surface area contributed by atoms with Gasteiger partial charge in [0.2, 0.25) is 5.88 Å². The first kappa shape index (κ1) is 18.2. The summed E-state index contributed by atoms with van der Waals surface area (Å²) in [7, 11) is 0. The molecular formula is C17H29ClN2O. The Bertz CT molecular complexity index is 398. The van der Waals surface area contributed by atoms with Gasteiger partial charge >= 0.3 is 0 Å². The van der Waals surface area contributed by atoms with Gasteiger partial charge in [-0.2, -0.15) is 0 Å². The number of hydrogen-bond acceptors (Lipinski definition) is 3. The molecule has 0 aliphatic heterocycles. The fraction of sp³-hybridized carbons (Fsp3) is 0.706. The molecule has 1 aromatic rings. The number of nitrogens with zero attached hydrogens (tertiary/aromatic N) is 1. The monoisotopic (exact) mass is 312 g/mol. The molecule has 0 saturated carbocycles. The van der Waals surface area contributed by atoms with Crippen molar-refractivity contribution in [2.75, 3.05) is 6.54 Å². The summed E-state index contributed by atoms with van der Waals surface area (Å²) in [6.07, 6.45) is 9.14. The molecule has 0 aromatic carbocycles. The molecule has 0 spiro atoms. The number of nitrogens with one attached hydrogen (secondary N) is 1. The smallest absolute Gasteiger partial charge is 0.213 e. The van der Waals surface area contributed by atoms with E-state index in [0.29, 0.717) is 10.9 Å². The third kappa shape index (κ3) is 7.68. The van der Waals surface area contributed by atoms with Crippen molar-refractivity contribution in [3.8, 4) is 5.88 Å². The second-order valence-corrected chi connectivity index (χ2v) is 5.98. The third-order valence-electron chi connectivity index (χ3n) is 3.44. The highest BCUT2D eigenvalue weighted by molar-refractivity contribution is 6.31. The van der Waals surface area contributed by atoms with Gasteiger partial charge in [-0.3, -0.25) is 0 Å². The summed E-state index contributed by atoms with van der Waals surface area (Å²) < 4.78 is 5.90. The van der Waals surface area contributed by atoms with Crippen molar-refractivity contribution in [2.45, 2.75) is 71.9 Å². The Morgan fingerprint density at radius 2 is 2.05 bits per heavy atom. The summed E-state index contributed by atoms with van der Waals surface area (Å²) in [4.78, 5) is 4.27. The summed E-state index contributed by atoms with van der Waals surface area (Å²) in [5.41, 5.74) is 1.05. The Hall–Kier alpha value is -0.800. The minimum atomic E-state index is 0.201. The van der Waals surface area contributed by atoms with Gasteiger partial charge in [0.1, 0.15) is 0 Å². The molecule has 4 heteroatoms. The van der Waals surface area contributed by atoms with Crippen LogP contribution in [0.5, 0.6) is 5.88 Å². The SMILES string of the molecule is CCCCCCC(C)Oc1cc(CNCCC)c(Cl)cn1. The molecular weight excluding hydrogens is 284 g/mol. The first-order chi connectivity index (χ1) is 10.2. The van der Waals surface area contributed by atoms with E-state index in [2.05, 4.69) is 31.1 Å². The van der Waals surface area contributed by atoms with Crippen molar-refractivity contribution in [2.24, 2.45) is 0 Å². The lowest BCUT2D eigenvalue weighted by Crippen LogP contribution is -2.15. The van der Waals surface area contributed by atoms with Gasteiger partial charge in [-0.25, -0.2) is 4.98 Å². The normalized spacial score (nSPS) is 12.4. The van der Waals surface area contributed by atoms with Crippen LogP contribution in [0, 0.1) is 0 Å². The van der Waals surface area contributed by atoms with Crippen molar-refractivity contribution >= 4 is 11.6 Å². The molecule has 0 aliphatic rings. The highest BCUT2D eigenvalue weighted by Crippen LogP contribution is 2.21. The van der Waals surface area contributed by atoms with E-state index in [4.69, 9.17) is 16.3 Å². The Balaban J connectivity index is 2.45. The number of aromatic nitrogens is 1. The van der Waals surface area contributed by atoms with Crippen LogP contribution < -0.4 is 10.1 Å². The van der Waals surface area contributed by atoms with E-state index in [1.165, 1.54) is 25.7 Å². The van der Waals surface area contributed by atoms with Crippen LogP contribution in [0.1, 0.15) is 64.9 Å². The summed E-state index contributed by atoms with van der Waals surface area (Å²) in [5, 5.41) is 4.05. The maximum Gasteiger partial charge on any atom is 0.213 e. The molecule has 21 heavy (non-hydrogen) atoms. The molecule has 0 radical (unpaired) electrons. The molecule has 1 N–H and O–H groups in total. The van der Waals surface area contributed by atoms with E-state index >= 15 is 0 Å². The average Bonchev–Trinajstić information content (AvgIpc) is 2.47. The summed E-state index contributed by atoms with van der Waals surface area (Å²) >= 11 is 6.17. The Kier molecular flexibility index (Phi) is 9.44. The molecule has 1 heterocycles. The van der Waals surface area contributed by atoms with Gasteiger partial charge in [-0.15, -0.1) is 0 Å². The predicted octanol–water partition coefficient (Wildman–Crippen LogP) is 4.97. The second kappa shape index (κ2) is 10.9. The van der Waals surface area contributed by atoms with Gasteiger partial charge in [0.05, 0.1) is 11.1 Å². The number of unbranched alkanes of at least 4 members (excludes halogenated alkanes) is 3. The first-order valence-corrected chi connectivity index (χ1v) is 8.57. The molecule has 1 rings (SSSR count). The van der Waals surface area contributed by atoms with E-state index in [1.54, 1.807) is 6.20 Å². The van der Waals surface area contributed by atoms with Crippen LogP contribution >= 0.6 is 11.6 Å². The minimum absolute atomic E-state index is 0.201. The fourth-order valence-electron chi connectivity index (χ4n) is 2.18. The maximum atomic E-state index is 6.17. The molecule has 0 bridgehead atoms. The van der Waals surface area contributed by atoms with Crippen LogP contribution in [0.2, 0.25) is 5.02 Å². The van der Waals surface area contributed by atoms with Crippen LogP contribution in [0.15, 0.2) is 12.3 Å². The van der Waals surface area contributed by atoms with Gasteiger partial charge in [-0.05, 0) is 38.3 Å². The largest absolute Gasteiger partial charge is 0.475 e. The van der Waals surface area contributed by atoms with Crippen LogP contribution in [0.3, 0.4) is 0 Å². The Morgan fingerprint density at radius 3 is 2.76 bits per heavy atom. The van der Waals surface area contributed by atoms with E-state index in [9.17, 15) is 0 Å². The van der Waals surface area contributed by atoms with Crippen molar-refractivity contribution in [3.05, 3.63) is 22.8 Å². The zero-order chi connectivity index (χ0) is 15.5. The van der Waals surface area contributed by atoms with Gasteiger partial charge in [0, 0.05) is 18.8 Å². The minimum Gasteiger partial charge on any atom is -0.475 e. The molecule has 120 valence electrons. The average molecular weight is 313 g/mol. The summed E-state index contributed by atoms with van der Waals surface area (Å²) in [6, 6.07) is 1.95. The van der Waals surface area contributed by atoms with Crippen LogP contribution in [-0.4, -0.2) is 17.6 Å². The lowest BCUT2D eigenvalue weighted by atomic mass is 10.1. The predicted molar refractivity (Wildman–Crippen MR) is 90.1 cm³/mol. The fourth-order valence-corrected chi connectivity index (χ4v) is 2.35. The molecule has 0 amide bonds. The van der Waals surface area contributed by atoms with E-state index in [-0.39, 0.29) is 6.10 Å². The lowest BCUT2D eigenvalue weighted by Gasteiger charge is -2.15. The van der Waals surface area contributed by atoms with E-state index in [0.717, 1.165) is 31.5 Å². The summed E-state index contributed by atoms with van der Waals surface area (Å²) in [5.74, 6) is 0.677.